The van der Waals surface area contributed by atoms with Crippen LogP contribution >= 0.6 is 11.6 Å². The second-order valence-electron chi connectivity index (χ2n) is 7.77. The third kappa shape index (κ3) is 5.04. The second kappa shape index (κ2) is 9.84. The number of amides is 1. The van der Waals surface area contributed by atoms with Gasteiger partial charge in [-0.2, -0.15) is 0 Å². The van der Waals surface area contributed by atoms with Crippen molar-refractivity contribution >= 4 is 34.2 Å². The number of halogens is 1. The number of aromatic nitrogens is 1. The fraction of sp³-hybridized carbons (Fsp3) is 0.148. The highest BCUT2D eigenvalue weighted by atomic mass is 35.5. The predicted molar refractivity (Wildman–Crippen MR) is 129 cm³/mol. The largest absolute Gasteiger partial charge is 0.465 e. The molecule has 0 fully saturated rings. The van der Waals surface area contributed by atoms with Gasteiger partial charge in [-0.15, -0.1) is 0 Å². The predicted octanol–water partition coefficient (Wildman–Crippen LogP) is 6.08. The molecule has 0 aliphatic heterocycles. The molecule has 166 valence electrons. The van der Waals surface area contributed by atoms with E-state index in [1.165, 1.54) is 7.11 Å². The lowest BCUT2D eigenvalue weighted by molar-refractivity contribution is 0.0600. The summed E-state index contributed by atoms with van der Waals surface area (Å²) in [7, 11) is 1.34. The molecular formula is C27H23ClN2O3. The van der Waals surface area contributed by atoms with Crippen molar-refractivity contribution in [3.05, 3.63) is 112 Å². The molecule has 4 aromatic rings. The van der Waals surface area contributed by atoms with Crippen molar-refractivity contribution < 1.29 is 14.3 Å². The first-order chi connectivity index (χ1) is 16.0. The summed E-state index contributed by atoms with van der Waals surface area (Å²) in [4.78, 5) is 31.9. The Balaban J connectivity index is 1.73. The Bertz CT molecular complexity index is 1320. The highest BCUT2D eigenvalue weighted by Gasteiger charge is 2.25. The molecule has 0 N–H and O–H groups in total. The number of esters is 1. The van der Waals surface area contributed by atoms with E-state index < -0.39 is 5.97 Å². The van der Waals surface area contributed by atoms with E-state index in [1.54, 1.807) is 41.4 Å². The van der Waals surface area contributed by atoms with Gasteiger partial charge in [-0.25, -0.2) is 4.79 Å². The van der Waals surface area contributed by atoms with Gasteiger partial charge in [-0.3, -0.25) is 9.78 Å². The lowest BCUT2D eigenvalue weighted by Crippen LogP contribution is -2.33. The molecule has 0 aliphatic rings. The molecule has 3 aromatic carbocycles. The number of carbonyl (C=O) groups is 2. The monoisotopic (exact) mass is 458 g/mol. The molecule has 4 rings (SSSR count). The standard InChI is InChI=1S/C27H23ClN2O3/c1-18(20-10-6-12-24(28)14-20)30(17-19-7-5-11-22(13-19)27(32)33-2)26(31)25-15-21-8-3-4-9-23(21)16-29-25/h3-16,18H,17H2,1-2H3. The van der Waals surface area contributed by atoms with Crippen molar-refractivity contribution in [1.82, 2.24) is 9.88 Å². The van der Waals surface area contributed by atoms with Crippen molar-refractivity contribution in [3.63, 3.8) is 0 Å². The molecule has 6 heteroatoms. The Morgan fingerprint density at radius 1 is 0.970 bits per heavy atom. The normalized spacial score (nSPS) is 11.7. The lowest BCUT2D eigenvalue weighted by Gasteiger charge is -2.30. The molecule has 1 unspecified atom stereocenters. The number of ether oxygens (including phenoxy) is 1. The minimum Gasteiger partial charge on any atom is -0.465 e. The van der Waals surface area contributed by atoms with Crippen molar-refractivity contribution in [2.75, 3.05) is 7.11 Å². The van der Waals surface area contributed by atoms with E-state index in [-0.39, 0.29) is 18.5 Å². The van der Waals surface area contributed by atoms with Crippen LogP contribution in [-0.4, -0.2) is 28.9 Å². The van der Waals surface area contributed by atoms with E-state index in [9.17, 15) is 9.59 Å². The molecule has 0 saturated carbocycles. The molecule has 33 heavy (non-hydrogen) atoms. The maximum atomic E-state index is 13.7. The Kier molecular flexibility index (Phi) is 6.71. The van der Waals surface area contributed by atoms with Crippen LogP contribution < -0.4 is 0 Å². The van der Waals surface area contributed by atoms with Crippen LogP contribution in [0, 0.1) is 0 Å². The zero-order valence-corrected chi connectivity index (χ0v) is 19.1. The molecule has 1 heterocycles. The summed E-state index contributed by atoms with van der Waals surface area (Å²) in [6.45, 7) is 2.24. The topological polar surface area (TPSA) is 59.5 Å². The molecule has 0 bridgehead atoms. The smallest absolute Gasteiger partial charge is 0.337 e. The zero-order valence-electron chi connectivity index (χ0n) is 18.4. The summed E-state index contributed by atoms with van der Waals surface area (Å²) < 4.78 is 4.84. The average Bonchev–Trinajstić information content (AvgIpc) is 2.85. The Morgan fingerprint density at radius 3 is 2.48 bits per heavy atom. The van der Waals surface area contributed by atoms with Crippen LogP contribution in [0.15, 0.2) is 85.1 Å². The number of benzene rings is 3. The molecule has 0 spiro atoms. The van der Waals surface area contributed by atoms with E-state index in [4.69, 9.17) is 16.3 Å². The van der Waals surface area contributed by atoms with Gasteiger partial charge in [-0.05, 0) is 53.8 Å². The first-order valence-electron chi connectivity index (χ1n) is 10.5. The molecule has 0 aliphatic carbocycles. The van der Waals surface area contributed by atoms with Gasteiger partial charge in [0.2, 0.25) is 0 Å². The summed E-state index contributed by atoms with van der Waals surface area (Å²) in [6, 6.07) is 23.9. The molecule has 1 aromatic heterocycles. The quantitative estimate of drug-likeness (QED) is 0.328. The summed E-state index contributed by atoms with van der Waals surface area (Å²) in [5, 5.41) is 2.51. The Morgan fingerprint density at radius 2 is 1.73 bits per heavy atom. The van der Waals surface area contributed by atoms with E-state index >= 15 is 0 Å². The summed E-state index contributed by atoms with van der Waals surface area (Å²) >= 11 is 6.22. The van der Waals surface area contributed by atoms with Gasteiger partial charge in [0.15, 0.2) is 0 Å². The van der Waals surface area contributed by atoms with Crippen LogP contribution in [0.25, 0.3) is 10.8 Å². The summed E-state index contributed by atoms with van der Waals surface area (Å²) in [5.74, 6) is -0.634. The minimum atomic E-state index is -0.422. The van der Waals surface area contributed by atoms with Crippen LogP contribution in [0.4, 0.5) is 0 Å². The third-order valence-corrected chi connectivity index (χ3v) is 5.85. The minimum absolute atomic E-state index is 0.211. The number of hydrogen-bond donors (Lipinski definition) is 0. The van der Waals surface area contributed by atoms with Crippen molar-refractivity contribution in [3.8, 4) is 0 Å². The molecule has 5 nitrogen and oxygen atoms in total. The van der Waals surface area contributed by atoms with Crippen LogP contribution in [-0.2, 0) is 11.3 Å². The molecule has 0 saturated heterocycles. The second-order valence-corrected chi connectivity index (χ2v) is 8.21. The highest BCUT2D eigenvalue weighted by Crippen LogP contribution is 2.27. The van der Waals surface area contributed by atoms with Crippen molar-refractivity contribution in [1.29, 1.82) is 0 Å². The number of methoxy groups -OCH3 is 1. The van der Waals surface area contributed by atoms with Gasteiger partial charge in [-0.1, -0.05) is 60.1 Å². The van der Waals surface area contributed by atoms with Gasteiger partial charge in [0.1, 0.15) is 5.69 Å². The number of fused-ring (bicyclic) bond motifs is 1. The Labute approximate surface area is 197 Å². The maximum absolute atomic E-state index is 13.7. The SMILES string of the molecule is COC(=O)c1cccc(CN(C(=O)c2cc3ccccc3cn2)C(C)c2cccc(Cl)c2)c1. The number of nitrogens with zero attached hydrogens (tertiary/aromatic N) is 2. The van der Waals surface area contributed by atoms with Gasteiger partial charge < -0.3 is 9.64 Å². The van der Waals surface area contributed by atoms with E-state index in [2.05, 4.69) is 4.98 Å². The van der Waals surface area contributed by atoms with E-state index in [1.807, 2.05) is 55.5 Å². The summed E-state index contributed by atoms with van der Waals surface area (Å²) in [6.07, 6.45) is 1.71. The van der Waals surface area contributed by atoms with E-state index in [0.717, 1.165) is 21.9 Å². The van der Waals surface area contributed by atoms with Crippen molar-refractivity contribution in [2.24, 2.45) is 0 Å². The maximum Gasteiger partial charge on any atom is 0.337 e. The highest BCUT2D eigenvalue weighted by molar-refractivity contribution is 6.30. The molecule has 1 atom stereocenters. The number of carbonyl (C=O) groups excluding carboxylic acids is 2. The zero-order chi connectivity index (χ0) is 23.4. The average molecular weight is 459 g/mol. The van der Waals surface area contributed by atoms with Gasteiger partial charge in [0, 0.05) is 23.2 Å². The van der Waals surface area contributed by atoms with Crippen LogP contribution in [0.2, 0.25) is 5.02 Å². The Hall–Kier alpha value is -3.70. The number of rotatable bonds is 6. The number of hydrogen-bond acceptors (Lipinski definition) is 4. The molecule has 0 radical (unpaired) electrons. The van der Waals surface area contributed by atoms with Gasteiger partial charge >= 0.3 is 5.97 Å². The van der Waals surface area contributed by atoms with Crippen LogP contribution in [0.1, 0.15) is 44.9 Å². The fourth-order valence-corrected chi connectivity index (χ4v) is 3.99. The fourth-order valence-electron chi connectivity index (χ4n) is 3.79. The van der Waals surface area contributed by atoms with Crippen LogP contribution in [0.3, 0.4) is 0 Å². The molecule has 1 amide bonds. The lowest BCUT2D eigenvalue weighted by atomic mass is 10.0. The van der Waals surface area contributed by atoms with Crippen molar-refractivity contribution in [2.45, 2.75) is 19.5 Å². The van der Waals surface area contributed by atoms with Crippen LogP contribution in [0.5, 0.6) is 0 Å². The first-order valence-corrected chi connectivity index (χ1v) is 10.9. The van der Waals surface area contributed by atoms with E-state index in [0.29, 0.717) is 16.3 Å². The first kappa shape index (κ1) is 22.5. The van der Waals surface area contributed by atoms with Gasteiger partial charge in [0.05, 0.1) is 18.7 Å². The number of pyridine rings is 1. The summed E-state index contributed by atoms with van der Waals surface area (Å²) in [5.41, 5.74) is 2.50. The molecular weight excluding hydrogens is 436 g/mol. The van der Waals surface area contributed by atoms with Gasteiger partial charge in [0.25, 0.3) is 5.91 Å². The third-order valence-electron chi connectivity index (χ3n) is 5.61.